The molecule has 0 amide bonds. The van der Waals surface area contributed by atoms with Crippen LogP contribution in [0.25, 0.3) is 5.69 Å². The van der Waals surface area contributed by atoms with E-state index in [9.17, 15) is 23.1 Å². The average Bonchev–Trinajstić information content (AvgIpc) is 2.69. The fourth-order valence-corrected chi connectivity index (χ4v) is 3.75. The van der Waals surface area contributed by atoms with Crippen molar-refractivity contribution in [3.63, 3.8) is 0 Å². The number of nitrogens with one attached hydrogen (secondary N) is 1. The van der Waals surface area contributed by atoms with Gasteiger partial charge in [-0.05, 0) is 48.5 Å². The monoisotopic (exact) mass is 449 g/mol. The van der Waals surface area contributed by atoms with Crippen molar-refractivity contribution < 1.29 is 18.6 Å². The lowest BCUT2D eigenvalue weighted by Crippen LogP contribution is -2.31. The van der Waals surface area contributed by atoms with Crippen molar-refractivity contribution in [3.8, 4) is 11.6 Å². The number of sulfone groups is 1. The molecule has 0 spiro atoms. The van der Waals surface area contributed by atoms with Gasteiger partial charge in [-0.3, -0.25) is 14.8 Å². The molecule has 2 aromatic carbocycles. The summed E-state index contributed by atoms with van der Waals surface area (Å²) in [7, 11) is -3.60. The summed E-state index contributed by atoms with van der Waals surface area (Å²) in [5, 5.41) is 19.7. The van der Waals surface area contributed by atoms with Gasteiger partial charge in [0.25, 0.3) is 5.56 Å². The Bertz CT molecular complexity index is 1310. The largest absolute Gasteiger partial charge is 0.493 e. The fraction of sp³-hybridized carbons (Fsp3) is 0.105. The summed E-state index contributed by atoms with van der Waals surface area (Å²) in [6, 6.07) is 11.5. The Kier molecular flexibility index (Phi) is 6.20. The third-order valence-corrected chi connectivity index (χ3v) is 6.07. The summed E-state index contributed by atoms with van der Waals surface area (Å²) >= 11 is 5.83. The van der Waals surface area contributed by atoms with Crippen LogP contribution in [0.3, 0.4) is 0 Å². The van der Waals surface area contributed by atoms with Crippen LogP contribution in [-0.2, 0) is 9.84 Å². The molecule has 0 atom stereocenters. The van der Waals surface area contributed by atoms with Gasteiger partial charge in [-0.2, -0.15) is 0 Å². The summed E-state index contributed by atoms with van der Waals surface area (Å²) in [6.07, 6.45) is 1.07. The summed E-state index contributed by atoms with van der Waals surface area (Å²) in [6.45, 7) is -0.492. The van der Waals surface area contributed by atoms with Gasteiger partial charge in [-0.25, -0.2) is 17.8 Å². The van der Waals surface area contributed by atoms with Gasteiger partial charge in [-0.15, -0.1) is 0 Å². The second-order valence-electron chi connectivity index (χ2n) is 6.10. The molecular weight excluding hydrogens is 434 g/mol. The molecule has 0 saturated carbocycles. The standard InChI is InChI=1S/C19H16ClN3O6S/c20-12-1-5-14(6-2-12)23-18(26)16(17(25)22-19(23)27)11-21-13-3-7-15(8-4-13)30(28,29)10-9-24/h1-8,11,24,26H,9-10H2,(H,22,25,27). The van der Waals surface area contributed by atoms with Gasteiger partial charge in [-0.1, -0.05) is 11.6 Å². The molecule has 1 aromatic heterocycles. The number of aliphatic hydroxyl groups is 1. The topological polar surface area (TPSA) is 142 Å². The van der Waals surface area contributed by atoms with E-state index in [1.165, 1.54) is 48.5 Å². The van der Waals surface area contributed by atoms with E-state index in [2.05, 4.69) is 9.98 Å². The smallest absolute Gasteiger partial charge is 0.335 e. The Labute approximate surface area is 175 Å². The molecular formula is C19H16ClN3O6S. The third-order valence-electron chi connectivity index (χ3n) is 4.10. The van der Waals surface area contributed by atoms with E-state index in [1.54, 1.807) is 0 Å². The quantitative estimate of drug-likeness (QED) is 0.485. The Morgan fingerprint density at radius 2 is 1.70 bits per heavy atom. The Hall–Kier alpha value is -3.21. The van der Waals surface area contributed by atoms with Gasteiger partial charge in [0.1, 0.15) is 5.56 Å². The number of benzene rings is 2. The van der Waals surface area contributed by atoms with Crippen LogP contribution < -0.4 is 11.2 Å². The SMILES string of the molecule is O=c1[nH]c(=O)n(-c2ccc(Cl)cc2)c(O)c1C=Nc1ccc(S(=O)(=O)CCO)cc1. The molecule has 11 heteroatoms. The predicted octanol–water partition coefficient (Wildman–Crippen LogP) is 1.40. The lowest BCUT2D eigenvalue weighted by Gasteiger charge is -2.09. The highest BCUT2D eigenvalue weighted by molar-refractivity contribution is 7.91. The Balaban J connectivity index is 1.98. The van der Waals surface area contributed by atoms with Crippen molar-refractivity contribution >= 4 is 33.3 Å². The van der Waals surface area contributed by atoms with E-state index in [1.807, 2.05) is 0 Å². The number of aromatic hydroxyl groups is 1. The van der Waals surface area contributed by atoms with Crippen LogP contribution in [0.15, 0.2) is 68.0 Å². The first-order valence-corrected chi connectivity index (χ1v) is 10.6. The first-order valence-electron chi connectivity index (χ1n) is 8.55. The Morgan fingerprint density at radius 1 is 1.07 bits per heavy atom. The lowest BCUT2D eigenvalue weighted by atomic mass is 10.3. The maximum Gasteiger partial charge on any atom is 0.335 e. The third kappa shape index (κ3) is 4.51. The summed E-state index contributed by atoms with van der Waals surface area (Å²) in [4.78, 5) is 30.5. The molecule has 0 aliphatic rings. The van der Waals surface area contributed by atoms with Crippen molar-refractivity contribution in [3.05, 3.63) is 80.0 Å². The molecule has 1 heterocycles. The molecule has 3 N–H and O–H groups in total. The normalized spacial score (nSPS) is 11.8. The van der Waals surface area contributed by atoms with Crippen molar-refractivity contribution in [2.24, 2.45) is 4.99 Å². The van der Waals surface area contributed by atoms with E-state index < -0.39 is 39.3 Å². The van der Waals surface area contributed by atoms with E-state index >= 15 is 0 Å². The molecule has 9 nitrogen and oxygen atoms in total. The van der Waals surface area contributed by atoms with Gasteiger partial charge in [0.05, 0.1) is 28.6 Å². The van der Waals surface area contributed by atoms with E-state index in [-0.39, 0.29) is 16.1 Å². The van der Waals surface area contributed by atoms with Crippen molar-refractivity contribution in [2.45, 2.75) is 4.90 Å². The average molecular weight is 450 g/mol. The van der Waals surface area contributed by atoms with E-state index in [0.29, 0.717) is 10.7 Å². The molecule has 3 aromatic rings. The highest BCUT2D eigenvalue weighted by Crippen LogP contribution is 2.20. The second kappa shape index (κ2) is 8.66. The molecule has 156 valence electrons. The Morgan fingerprint density at radius 3 is 2.30 bits per heavy atom. The van der Waals surface area contributed by atoms with Crippen LogP contribution in [0.5, 0.6) is 5.88 Å². The molecule has 0 aliphatic carbocycles. The van der Waals surface area contributed by atoms with E-state index in [0.717, 1.165) is 10.8 Å². The minimum absolute atomic E-state index is 0.0208. The molecule has 30 heavy (non-hydrogen) atoms. The van der Waals surface area contributed by atoms with Gasteiger partial charge in [0, 0.05) is 11.2 Å². The van der Waals surface area contributed by atoms with Crippen LogP contribution in [0.4, 0.5) is 5.69 Å². The van der Waals surface area contributed by atoms with E-state index in [4.69, 9.17) is 16.7 Å². The van der Waals surface area contributed by atoms with Crippen LogP contribution in [-0.4, -0.2) is 46.8 Å². The first-order chi connectivity index (χ1) is 14.2. The lowest BCUT2D eigenvalue weighted by molar-refractivity contribution is 0.319. The number of hydrogen-bond acceptors (Lipinski definition) is 7. The van der Waals surface area contributed by atoms with Crippen molar-refractivity contribution in [1.29, 1.82) is 0 Å². The molecule has 0 unspecified atom stereocenters. The maximum absolute atomic E-state index is 12.2. The second-order valence-corrected chi connectivity index (χ2v) is 8.65. The summed E-state index contributed by atoms with van der Waals surface area (Å²) in [5.74, 6) is -1.01. The molecule has 3 rings (SSSR count). The highest BCUT2D eigenvalue weighted by atomic mass is 35.5. The van der Waals surface area contributed by atoms with Gasteiger partial charge >= 0.3 is 5.69 Å². The summed E-state index contributed by atoms with van der Waals surface area (Å²) in [5.41, 5.74) is -1.35. The zero-order chi connectivity index (χ0) is 21.9. The van der Waals surface area contributed by atoms with Crippen LogP contribution >= 0.6 is 11.6 Å². The van der Waals surface area contributed by atoms with Crippen LogP contribution in [0.2, 0.25) is 5.02 Å². The number of aliphatic imine (C=N–C) groups is 1. The number of halogens is 1. The molecule has 0 aliphatic heterocycles. The summed E-state index contributed by atoms with van der Waals surface area (Å²) < 4.78 is 24.7. The van der Waals surface area contributed by atoms with Crippen molar-refractivity contribution in [2.75, 3.05) is 12.4 Å². The first kappa shape index (κ1) is 21.5. The number of rotatable bonds is 6. The molecule has 0 radical (unpaired) electrons. The van der Waals surface area contributed by atoms with Gasteiger partial charge in [0.2, 0.25) is 5.88 Å². The van der Waals surface area contributed by atoms with Gasteiger partial charge in [0.15, 0.2) is 9.84 Å². The zero-order valence-electron chi connectivity index (χ0n) is 15.3. The predicted molar refractivity (Wildman–Crippen MR) is 112 cm³/mol. The number of H-pyrrole nitrogens is 1. The molecule has 0 bridgehead atoms. The number of nitrogens with zero attached hydrogens (tertiary/aromatic N) is 2. The van der Waals surface area contributed by atoms with Crippen LogP contribution in [0.1, 0.15) is 5.56 Å². The number of hydrogen-bond donors (Lipinski definition) is 3. The highest BCUT2D eigenvalue weighted by Gasteiger charge is 2.15. The number of aromatic amines is 1. The van der Waals surface area contributed by atoms with Gasteiger partial charge < -0.3 is 10.2 Å². The van der Waals surface area contributed by atoms with Crippen molar-refractivity contribution in [1.82, 2.24) is 9.55 Å². The zero-order valence-corrected chi connectivity index (χ0v) is 16.9. The minimum atomic E-state index is -3.60. The number of aliphatic hydroxyl groups excluding tert-OH is 1. The minimum Gasteiger partial charge on any atom is -0.493 e. The fourth-order valence-electron chi connectivity index (χ4n) is 2.60. The molecule has 0 fully saturated rings. The number of aromatic nitrogens is 2. The molecule has 0 saturated heterocycles. The maximum atomic E-state index is 12.2. The van der Waals surface area contributed by atoms with Crippen LogP contribution in [0, 0.1) is 0 Å².